The number of hydrogen-bond donors (Lipinski definition) is 1. The summed E-state index contributed by atoms with van der Waals surface area (Å²) in [6.45, 7) is 1.36. The summed E-state index contributed by atoms with van der Waals surface area (Å²) in [5.41, 5.74) is 8.90. The molecule has 0 unspecified atom stereocenters. The highest BCUT2D eigenvalue weighted by Crippen LogP contribution is 2.29. The zero-order valence-corrected chi connectivity index (χ0v) is 10.1. The van der Waals surface area contributed by atoms with Crippen LogP contribution in [0.2, 0.25) is 0 Å². The Morgan fingerprint density at radius 2 is 2.00 bits per heavy atom. The molecule has 1 aromatic heterocycles. The van der Waals surface area contributed by atoms with Gasteiger partial charge >= 0.3 is 0 Å². The second kappa shape index (κ2) is 4.18. The minimum Gasteiger partial charge on any atom is -0.475 e. The van der Waals surface area contributed by atoms with Gasteiger partial charge in [-0.1, -0.05) is 18.2 Å². The van der Waals surface area contributed by atoms with Gasteiger partial charge < -0.3 is 10.5 Å². The first-order valence-electron chi connectivity index (χ1n) is 5.82. The van der Waals surface area contributed by atoms with Crippen molar-refractivity contribution < 1.29 is 4.74 Å². The average molecular weight is 242 g/mol. The van der Waals surface area contributed by atoms with Gasteiger partial charge in [-0.15, -0.1) is 0 Å². The number of ether oxygens (including phenoxy) is 1. The molecule has 5 nitrogen and oxygen atoms in total. The van der Waals surface area contributed by atoms with E-state index in [1.807, 2.05) is 31.3 Å². The Morgan fingerprint density at radius 3 is 2.61 bits per heavy atom. The van der Waals surface area contributed by atoms with E-state index in [4.69, 9.17) is 10.5 Å². The first kappa shape index (κ1) is 10.8. The van der Waals surface area contributed by atoms with Crippen LogP contribution in [-0.4, -0.2) is 28.8 Å². The Labute approximate surface area is 105 Å². The molecular weight excluding hydrogens is 228 g/mol. The summed E-state index contributed by atoms with van der Waals surface area (Å²) in [7, 11) is 1.82. The van der Waals surface area contributed by atoms with Crippen LogP contribution in [-0.2, 0) is 11.8 Å². The SMILES string of the molecule is Cn1ncc(-c2ccccc2C2=NCCO2)c1N. The number of rotatable bonds is 2. The Hall–Kier alpha value is -2.30. The third-order valence-electron chi connectivity index (χ3n) is 3.02. The van der Waals surface area contributed by atoms with Crippen LogP contribution in [0, 0.1) is 0 Å². The van der Waals surface area contributed by atoms with Crippen LogP contribution in [0.3, 0.4) is 0 Å². The minimum absolute atomic E-state index is 0.640. The smallest absolute Gasteiger partial charge is 0.216 e. The number of nitrogens with two attached hydrogens (primary N) is 1. The average Bonchev–Trinajstić information content (AvgIpc) is 3.02. The van der Waals surface area contributed by atoms with Crippen LogP contribution in [0.1, 0.15) is 5.56 Å². The van der Waals surface area contributed by atoms with E-state index >= 15 is 0 Å². The quantitative estimate of drug-likeness (QED) is 0.866. The molecule has 0 atom stereocenters. The third kappa shape index (κ3) is 1.64. The molecule has 92 valence electrons. The van der Waals surface area contributed by atoms with Gasteiger partial charge in [0.2, 0.25) is 5.90 Å². The Balaban J connectivity index is 2.15. The summed E-state index contributed by atoms with van der Waals surface area (Å²) in [6, 6.07) is 7.94. The van der Waals surface area contributed by atoms with Crippen LogP contribution in [0.25, 0.3) is 11.1 Å². The molecule has 0 saturated carbocycles. The van der Waals surface area contributed by atoms with E-state index in [2.05, 4.69) is 10.1 Å². The summed E-state index contributed by atoms with van der Waals surface area (Å²) >= 11 is 0. The maximum atomic E-state index is 6.02. The van der Waals surface area contributed by atoms with Crippen LogP contribution >= 0.6 is 0 Å². The van der Waals surface area contributed by atoms with Crippen molar-refractivity contribution in [1.82, 2.24) is 9.78 Å². The molecule has 1 aliphatic rings. The molecular formula is C13H14N4O. The van der Waals surface area contributed by atoms with Crippen molar-refractivity contribution in [3.63, 3.8) is 0 Å². The fourth-order valence-electron chi connectivity index (χ4n) is 2.06. The van der Waals surface area contributed by atoms with E-state index in [1.165, 1.54) is 0 Å². The second-order valence-electron chi connectivity index (χ2n) is 4.15. The molecule has 0 spiro atoms. The first-order valence-corrected chi connectivity index (χ1v) is 5.82. The molecule has 2 aromatic rings. The Morgan fingerprint density at radius 1 is 1.22 bits per heavy atom. The monoisotopic (exact) mass is 242 g/mol. The number of nitrogens with zero attached hydrogens (tertiary/aromatic N) is 3. The van der Waals surface area contributed by atoms with Gasteiger partial charge in [0, 0.05) is 18.2 Å². The van der Waals surface area contributed by atoms with Gasteiger partial charge in [0.05, 0.1) is 12.7 Å². The van der Waals surface area contributed by atoms with Crippen molar-refractivity contribution in [2.24, 2.45) is 12.0 Å². The maximum Gasteiger partial charge on any atom is 0.216 e. The second-order valence-corrected chi connectivity index (χ2v) is 4.15. The van der Waals surface area contributed by atoms with Crippen molar-refractivity contribution in [2.45, 2.75) is 0 Å². The fourth-order valence-corrected chi connectivity index (χ4v) is 2.06. The molecule has 18 heavy (non-hydrogen) atoms. The predicted molar refractivity (Wildman–Crippen MR) is 70.4 cm³/mol. The predicted octanol–water partition coefficient (Wildman–Crippen LogP) is 1.45. The zero-order valence-electron chi connectivity index (χ0n) is 10.1. The normalized spacial score (nSPS) is 14.4. The van der Waals surface area contributed by atoms with E-state index < -0.39 is 0 Å². The molecule has 1 aromatic carbocycles. The lowest BCUT2D eigenvalue weighted by Crippen LogP contribution is -2.04. The van der Waals surface area contributed by atoms with Crippen molar-refractivity contribution in [1.29, 1.82) is 0 Å². The van der Waals surface area contributed by atoms with Crippen LogP contribution in [0.5, 0.6) is 0 Å². The summed E-state index contributed by atoms with van der Waals surface area (Å²) in [4.78, 5) is 4.35. The lowest BCUT2D eigenvalue weighted by Gasteiger charge is -2.08. The largest absolute Gasteiger partial charge is 0.475 e. The Kier molecular flexibility index (Phi) is 2.51. The summed E-state index contributed by atoms with van der Waals surface area (Å²) in [5.74, 6) is 1.33. The van der Waals surface area contributed by atoms with Gasteiger partial charge in [0.1, 0.15) is 12.4 Å². The van der Waals surface area contributed by atoms with E-state index in [0.29, 0.717) is 24.9 Å². The van der Waals surface area contributed by atoms with E-state index in [-0.39, 0.29) is 0 Å². The summed E-state index contributed by atoms with van der Waals surface area (Å²) in [5, 5.41) is 4.17. The number of anilines is 1. The summed E-state index contributed by atoms with van der Waals surface area (Å²) in [6.07, 6.45) is 1.77. The number of aromatic nitrogens is 2. The van der Waals surface area contributed by atoms with Gasteiger partial charge in [-0.05, 0) is 11.6 Å². The van der Waals surface area contributed by atoms with Crippen molar-refractivity contribution in [3.05, 3.63) is 36.0 Å². The molecule has 0 amide bonds. The topological polar surface area (TPSA) is 65.4 Å². The highest BCUT2D eigenvalue weighted by atomic mass is 16.5. The van der Waals surface area contributed by atoms with E-state index in [1.54, 1.807) is 10.9 Å². The first-order chi connectivity index (χ1) is 8.77. The lowest BCUT2D eigenvalue weighted by molar-refractivity contribution is 0.348. The highest BCUT2D eigenvalue weighted by Gasteiger charge is 2.17. The Bertz CT molecular complexity index is 615. The van der Waals surface area contributed by atoms with Crippen molar-refractivity contribution >= 4 is 11.7 Å². The number of hydrogen-bond acceptors (Lipinski definition) is 4. The molecule has 0 aliphatic carbocycles. The standard InChI is InChI=1S/C13H14N4O/c1-17-12(14)11(8-16-17)9-4-2-3-5-10(9)13-15-6-7-18-13/h2-5,8H,6-7,14H2,1H3. The van der Waals surface area contributed by atoms with Crippen molar-refractivity contribution in [2.75, 3.05) is 18.9 Å². The van der Waals surface area contributed by atoms with Gasteiger partial charge in [0.25, 0.3) is 0 Å². The molecule has 2 N–H and O–H groups in total. The zero-order chi connectivity index (χ0) is 12.5. The molecule has 0 fully saturated rings. The van der Waals surface area contributed by atoms with E-state index in [0.717, 1.165) is 16.7 Å². The van der Waals surface area contributed by atoms with Crippen molar-refractivity contribution in [3.8, 4) is 11.1 Å². The molecule has 0 radical (unpaired) electrons. The molecule has 0 saturated heterocycles. The number of aliphatic imine (C=N–C) groups is 1. The minimum atomic E-state index is 0.640. The fraction of sp³-hybridized carbons (Fsp3) is 0.231. The molecule has 3 rings (SSSR count). The number of benzene rings is 1. The van der Waals surface area contributed by atoms with Gasteiger partial charge in [0.15, 0.2) is 0 Å². The lowest BCUT2D eigenvalue weighted by atomic mass is 10.0. The summed E-state index contributed by atoms with van der Waals surface area (Å²) < 4.78 is 7.19. The number of aryl methyl sites for hydroxylation is 1. The van der Waals surface area contributed by atoms with Gasteiger partial charge in [-0.3, -0.25) is 4.68 Å². The van der Waals surface area contributed by atoms with Crippen LogP contribution < -0.4 is 5.73 Å². The van der Waals surface area contributed by atoms with Gasteiger partial charge in [-0.2, -0.15) is 5.10 Å². The molecule has 2 heterocycles. The number of nitrogen functional groups attached to an aromatic ring is 1. The maximum absolute atomic E-state index is 6.02. The van der Waals surface area contributed by atoms with Crippen LogP contribution in [0.15, 0.2) is 35.5 Å². The molecule has 1 aliphatic heterocycles. The highest BCUT2D eigenvalue weighted by molar-refractivity contribution is 6.02. The molecule has 0 bridgehead atoms. The van der Waals surface area contributed by atoms with Crippen LogP contribution in [0.4, 0.5) is 5.82 Å². The van der Waals surface area contributed by atoms with Gasteiger partial charge in [-0.25, -0.2) is 4.99 Å². The molecule has 5 heteroatoms. The van der Waals surface area contributed by atoms with E-state index in [9.17, 15) is 0 Å². The third-order valence-corrected chi connectivity index (χ3v) is 3.02.